The van der Waals surface area contributed by atoms with Gasteiger partial charge in [0.15, 0.2) is 0 Å². The molecule has 3 amide bonds. The lowest BCUT2D eigenvalue weighted by atomic mass is 10.1. The quantitative estimate of drug-likeness (QED) is 0.705. The van der Waals surface area contributed by atoms with Gasteiger partial charge in [0.1, 0.15) is 5.82 Å². The summed E-state index contributed by atoms with van der Waals surface area (Å²) in [7, 11) is 2.13. The van der Waals surface area contributed by atoms with Crippen molar-refractivity contribution in [2.24, 2.45) is 11.1 Å². The van der Waals surface area contributed by atoms with Crippen LogP contribution in [0.15, 0.2) is 18.2 Å². The minimum atomic E-state index is -0.865. The second-order valence-electron chi connectivity index (χ2n) is 7.45. The SMILES string of the molecule is CN1CCN(CC2(CNC(=O)Nc3ccc(F)c(C(N)=O)c3)CC2)CC1. The van der Waals surface area contributed by atoms with Crippen molar-refractivity contribution in [3.63, 3.8) is 0 Å². The van der Waals surface area contributed by atoms with Gasteiger partial charge >= 0.3 is 6.03 Å². The van der Waals surface area contributed by atoms with Crippen LogP contribution in [0.1, 0.15) is 23.2 Å². The average Bonchev–Trinajstić information content (AvgIpc) is 3.37. The number of rotatable bonds is 6. The molecular weight excluding hydrogens is 337 g/mol. The van der Waals surface area contributed by atoms with Crippen LogP contribution in [-0.2, 0) is 0 Å². The number of piperazine rings is 1. The van der Waals surface area contributed by atoms with E-state index >= 15 is 0 Å². The molecule has 7 nitrogen and oxygen atoms in total. The minimum absolute atomic E-state index is 0.161. The first-order valence-electron chi connectivity index (χ1n) is 8.92. The summed E-state index contributed by atoms with van der Waals surface area (Å²) in [5.74, 6) is -1.57. The molecule has 0 radical (unpaired) electrons. The predicted octanol–water partition coefficient (Wildman–Crippen LogP) is 1.07. The molecule has 1 saturated heterocycles. The maximum absolute atomic E-state index is 13.5. The fraction of sp³-hybridized carbons (Fsp3) is 0.556. The van der Waals surface area contributed by atoms with Crippen LogP contribution in [0.25, 0.3) is 0 Å². The summed E-state index contributed by atoms with van der Waals surface area (Å²) in [6.07, 6.45) is 2.23. The molecule has 0 atom stereocenters. The summed E-state index contributed by atoms with van der Waals surface area (Å²) in [6.45, 7) is 5.90. The Bertz CT molecular complexity index is 684. The fourth-order valence-corrected chi connectivity index (χ4v) is 3.28. The Morgan fingerprint density at radius 3 is 2.54 bits per heavy atom. The van der Waals surface area contributed by atoms with E-state index in [0.717, 1.165) is 51.6 Å². The number of anilines is 1. The normalized spacial score (nSPS) is 19.8. The summed E-state index contributed by atoms with van der Waals surface area (Å²) >= 11 is 0. The Balaban J connectivity index is 1.48. The molecule has 1 aliphatic carbocycles. The number of nitrogens with zero attached hydrogens (tertiary/aromatic N) is 2. The van der Waals surface area contributed by atoms with E-state index in [2.05, 4.69) is 27.5 Å². The van der Waals surface area contributed by atoms with E-state index in [4.69, 9.17) is 5.73 Å². The van der Waals surface area contributed by atoms with E-state index in [1.807, 2.05) is 0 Å². The van der Waals surface area contributed by atoms with Crippen molar-refractivity contribution in [2.75, 3.05) is 51.6 Å². The van der Waals surface area contributed by atoms with Gasteiger partial charge < -0.3 is 26.2 Å². The molecule has 8 heteroatoms. The molecule has 1 heterocycles. The van der Waals surface area contributed by atoms with Crippen LogP contribution < -0.4 is 16.4 Å². The van der Waals surface area contributed by atoms with Gasteiger partial charge in [-0.1, -0.05) is 0 Å². The number of halogens is 1. The molecule has 4 N–H and O–H groups in total. The monoisotopic (exact) mass is 363 g/mol. The number of carbonyl (C=O) groups excluding carboxylic acids is 2. The summed E-state index contributed by atoms with van der Waals surface area (Å²) in [6, 6.07) is 3.40. The van der Waals surface area contributed by atoms with Crippen molar-refractivity contribution < 1.29 is 14.0 Å². The molecule has 0 spiro atoms. The van der Waals surface area contributed by atoms with Crippen LogP contribution >= 0.6 is 0 Å². The third-order valence-electron chi connectivity index (χ3n) is 5.23. The van der Waals surface area contributed by atoms with E-state index in [9.17, 15) is 14.0 Å². The number of hydrogen-bond donors (Lipinski definition) is 3. The molecule has 1 aromatic carbocycles. The smallest absolute Gasteiger partial charge is 0.319 e. The second kappa shape index (κ2) is 7.59. The van der Waals surface area contributed by atoms with Crippen LogP contribution in [0.4, 0.5) is 14.9 Å². The molecule has 1 aliphatic heterocycles. The van der Waals surface area contributed by atoms with Crippen molar-refractivity contribution in [1.82, 2.24) is 15.1 Å². The first kappa shape index (κ1) is 18.6. The summed E-state index contributed by atoms with van der Waals surface area (Å²) in [5.41, 5.74) is 5.38. The summed E-state index contributed by atoms with van der Waals surface area (Å²) in [4.78, 5) is 28.1. The lowest BCUT2D eigenvalue weighted by Gasteiger charge is -2.34. The minimum Gasteiger partial charge on any atom is -0.366 e. The number of urea groups is 1. The van der Waals surface area contributed by atoms with Crippen LogP contribution in [-0.4, -0.2) is 68.1 Å². The van der Waals surface area contributed by atoms with Crippen LogP contribution in [0.5, 0.6) is 0 Å². The number of hydrogen-bond acceptors (Lipinski definition) is 4. The number of benzene rings is 1. The highest BCUT2D eigenvalue weighted by atomic mass is 19.1. The Morgan fingerprint density at radius 2 is 1.92 bits per heavy atom. The Morgan fingerprint density at radius 1 is 1.23 bits per heavy atom. The third-order valence-corrected chi connectivity index (χ3v) is 5.23. The van der Waals surface area contributed by atoms with Gasteiger partial charge in [-0.15, -0.1) is 0 Å². The number of nitrogens with one attached hydrogen (secondary N) is 2. The molecule has 26 heavy (non-hydrogen) atoms. The van der Waals surface area contributed by atoms with E-state index in [-0.39, 0.29) is 17.0 Å². The number of nitrogens with two attached hydrogens (primary N) is 1. The van der Waals surface area contributed by atoms with Crippen LogP contribution in [0.3, 0.4) is 0 Å². The zero-order chi connectivity index (χ0) is 18.7. The molecule has 1 saturated carbocycles. The largest absolute Gasteiger partial charge is 0.366 e. The van der Waals surface area contributed by atoms with E-state index in [1.165, 1.54) is 12.1 Å². The second-order valence-corrected chi connectivity index (χ2v) is 7.45. The lowest BCUT2D eigenvalue weighted by molar-refractivity contribution is 0.0996. The first-order valence-corrected chi connectivity index (χ1v) is 8.92. The van der Waals surface area contributed by atoms with Gasteiger partial charge in [-0.2, -0.15) is 0 Å². The molecule has 3 rings (SSSR count). The molecular formula is C18H26FN5O2. The maximum atomic E-state index is 13.5. The van der Waals surface area contributed by atoms with Gasteiger partial charge in [0.2, 0.25) is 0 Å². The molecule has 2 fully saturated rings. The average molecular weight is 363 g/mol. The van der Waals surface area contributed by atoms with E-state index in [0.29, 0.717) is 12.2 Å². The van der Waals surface area contributed by atoms with Crippen molar-refractivity contribution in [2.45, 2.75) is 12.8 Å². The molecule has 0 aromatic heterocycles. The predicted molar refractivity (Wildman–Crippen MR) is 97.5 cm³/mol. The van der Waals surface area contributed by atoms with Crippen LogP contribution in [0, 0.1) is 11.2 Å². The molecule has 1 aromatic rings. The van der Waals surface area contributed by atoms with Gasteiger partial charge in [0.05, 0.1) is 5.56 Å². The Hall–Kier alpha value is -2.19. The van der Waals surface area contributed by atoms with Gasteiger partial charge in [0.25, 0.3) is 5.91 Å². The first-order chi connectivity index (χ1) is 12.4. The highest BCUT2D eigenvalue weighted by molar-refractivity contribution is 5.96. The summed E-state index contributed by atoms with van der Waals surface area (Å²) < 4.78 is 13.5. The van der Waals surface area contributed by atoms with Gasteiger partial charge in [-0.25, -0.2) is 9.18 Å². The summed E-state index contributed by atoms with van der Waals surface area (Å²) in [5, 5.41) is 5.53. The number of likely N-dealkylation sites (N-methyl/N-ethyl adjacent to an activating group) is 1. The van der Waals surface area contributed by atoms with Gasteiger partial charge in [0, 0.05) is 50.4 Å². The van der Waals surface area contributed by atoms with Gasteiger partial charge in [-0.3, -0.25) is 4.79 Å². The van der Waals surface area contributed by atoms with Gasteiger partial charge in [-0.05, 0) is 38.1 Å². The Labute approximate surface area is 152 Å². The molecule has 0 bridgehead atoms. The highest BCUT2D eigenvalue weighted by Crippen LogP contribution is 2.45. The fourth-order valence-electron chi connectivity index (χ4n) is 3.28. The lowest BCUT2D eigenvalue weighted by Crippen LogP contribution is -2.48. The third kappa shape index (κ3) is 4.70. The zero-order valence-electron chi connectivity index (χ0n) is 15.1. The zero-order valence-corrected chi connectivity index (χ0v) is 15.1. The Kier molecular flexibility index (Phi) is 5.43. The number of primary amides is 1. The van der Waals surface area contributed by atoms with Crippen molar-refractivity contribution in [3.8, 4) is 0 Å². The molecule has 2 aliphatic rings. The van der Waals surface area contributed by atoms with Crippen molar-refractivity contribution in [3.05, 3.63) is 29.6 Å². The van der Waals surface area contributed by atoms with E-state index < -0.39 is 11.7 Å². The van der Waals surface area contributed by atoms with E-state index in [1.54, 1.807) is 0 Å². The molecule has 0 unspecified atom stereocenters. The highest BCUT2D eigenvalue weighted by Gasteiger charge is 2.44. The maximum Gasteiger partial charge on any atom is 0.319 e. The van der Waals surface area contributed by atoms with Crippen molar-refractivity contribution >= 4 is 17.6 Å². The number of amides is 3. The standard InChI is InChI=1S/C18H26FN5O2/c1-23-6-8-24(9-7-23)12-18(4-5-18)11-21-17(26)22-13-2-3-15(19)14(10-13)16(20)25/h2-3,10H,4-9,11-12H2,1H3,(H2,20,25)(H2,21,22,26). The number of carbonyl (C=O) groups is 2. The topological polar surface area (TPSA) is 90.7 Å². The van der Waals surface area contributed by atoms with Crippen molar-refractivity contribution in [1.29, 1.82) is 0 Å². The van der Waals surface area contributed by atoms with Crippen LogP contribution in [0.2, 0.25) is 0 Å². The molecule has 142 valence electrons.